The van der Waals surface area contributed by atoms with Crippen LogP contribution in [0.4, 0.5) is 0 Å². The van der Waals surface area contributed by atoms with E-state index in [1.165, 1.54) is 0 Å². The van der Waals surface area contributed by atoms with Crippen molar-refractivity contribution in [3.63, 3.8) is 0 Å². The van der Waals surface area contributed by atoms with E-state index in [0.717, 1.165) is 24.1 Å². The average molecular weight is 379 g/mol. The Morgan fingerprint density at radius 1 is 1.36 bits per heavy atom. The lowest BCUT2D eigenvalue weighted by molar-refractivity contribution is -0.116. The van der Waals surface area contributed by atoms with Crippen molar-refractivity contribution >= 4 is 5.78 Å². The van der Waals surface area contributed by atoms with Crippen LogP contribution in [0.2, 0.25) is 0 Å². The monoisotopic (exact) mass is 379 g/mol. The fourth-order valence-electron chi connectivity index (χ4n) is 3.84. The first-order valence-corrected chi connectivity index (χ1v) is 9.43. The summed E-state index contributed by atoms with van der Waals surface area (Å²) in [5.74, 6) is 1.14. The fraction of sp³-hybridized carbons (Fsp3) is 0.364. The predicted octanol–water partition coefficient (Wildman–Crippen LogP) is 3.38. The molecule has 6 nitrogen and oxygen atoms in total. The summed E-state index contributed by atoms with van der Waals surface area (Å²) < 4.78 is 11.4. The van der Waals surface area contributed by atoms with Gasteiger partial charge in [-0.25, -0.2) is 0 Å². The van der Waals surface area contributed by atoms with Crippen molar-refractivity contribution in [2.45, 2.75) is 32.1 Å². The molecule has 146 valence electrons. The molecule has 1 aromatic carbocycles. The molecule has 28 heavy (non-hydrogen) atoms. The van der Waals surface area contributed by atoms with E-state index in [-0.39, 0.29) is 5.78 Å². The number of benzene rings is 1. The van der Waals surface area contributed by atoms with Crippen LogP contribution in [0.15, 0.2) is 53.5 Å². The summed E-state index contributed by atoms with van der Waals surface area (Å²) in [5.41, 5.74) is 9.03. The first-order chi connectivity index (χ1) is 13.5. The highest BCUT2D eigenvalue weighted by atomic mass is 16.5. The van der Waals surface area contributed by atoms with Crippen LogP contribution in [0.1, 0.15) is 37.7 Å². The van der Waals surface area contributed by atoms with Crippen LogP contribution < -0.4 is 15.2 Å². The molecule has 1 aromatic rings. The number of carbonyl (C=O) groups excluding carboxylic acids is 1. The van der Waals surface area contributed by atoms with Crippen molar-refractivity contribution in [1.82, 2.24) is 4.90 Å². The molecule has 0 unspecified atom stereocenters. The van der Waals surface area contributed by atoms with Crippen LogP contribution in [-0.2, 0) is 4.79 Å². The number of Topliss-reactive ketones (excluding diaryl/α,β-unsaturated/α-hetero) is 1. The van der Waals surface area contributed by atoms with Crippen LogP contribution in [0.25, 0.3) is 0 Å². The van der Waals surface area contributed by atoms with Gasteiger partial charge in [-0.1, -0.05) is 18.7 Å². The van der Waals surface area contributed by atoms with E-state index < -0.39 is 5.92 Å². The molecular formula is C22H25N3O3. The number of carbonyl (C=O) groups is 1. The number of hydrogen-bond acceptors (Lipinski definition) is 6. The molecule has 0 saturated heterocycles. The van der Waals surface area contributed by atoms with Gasteiger partial charge in [0.2, 0.25) is 0 Å². The highest BCUT2D eigenvalue weighted by molar-refractivity contribution is 5.99. The fourth-order valence-corrected chi connectivity index (χ4v) is 3.84. The van der Waals surface area contributed by atoms with Gasteiger partial charge < -0.3 is 20.1 Å². The smallest absolute Gasteiger partial charge is 0.161 e. The van der Waals surface area contributed by atoms with Gasteiger partial charge >= 0.3 is 0 Å². The molecule has 1 atom stereocenters. The SMILES string of the molecule is C=CCOc1ccc([C@@H]2C(C#N)=C(N)N(C)C3=C2C(=O)CCC3)cc1OCC. The van der Waals surface area contributed by atoms with Crippen molar-refractivity contribution in [3.05, 3.63) is 59.1 Å². The molecular weight excluding hydrogens is 354 g/mol. The van der Waals surface area contributed by atoms with Gasteiger partial charge in [0, 0.05) is 24.7 Å². The van der Waals surface area contributed by atoms with E-state index in [1.54, 1.807) is 17.0 Å². The Morgan fingerprint density at radius 3 is 2.82 bits per heavy atom. The van der Waals surface area contributed by atoms with E-state index in [0.29, 0.717) is 48.1 Å². The standard InChI is InChI=1S/C22H25N3O3/c1-4-11-28-18-10-9-14(12-19(18)27-5-2)20-15(13-23)22(24)25(3)16-7-6-8-17(26)21(16)20/h4,9-10,12,20H,1,5-8,11,24H2,2-3H3/t20-/m1/s1. The largest absolute Gasteiger partial charge is 0.490 e. The summed E-state index contributed by atoms with van der Waals surface area (Å²) >= 11 is 0. The number of allylic oxidation sites excluding steroid dienone is 3. The zero-order chi connectivity index (χ0) is 20.3. The lowest BCUT2D eigenvalue weighted by Crippen LogP contribution is -2.36. The lowest BCUT2D eigenvalue weighted by atomic mass is 9.76. The van der Waals surface area contributed by atoms with Gasteiger partial charge in [0.05, 0.1) is 24.2 Å². The van der Waals surface area contributed by atoms with E-state index >= 15 is 0 Å². The number of ketones is 1. The minimum Gasteiger partial charge on any atom is -0.490 e. The van der Waals surface area contributed by atoms with Crippen molar-refractivity contribution in [2.75, 3.05) is 20.3 Å². The Morgan fingerprint density at radius 2 is 2.14 bits per heavy atom. The number of hydrogen-bond donors (Lipinski definition) is 1. The van der Waals surface area contributed by atoms with Gasteiger partial charge in [-0.05, 0) is 37.5 Å². The van der Waals surface area contributed by atoms with E-state index in [1.807, 2.05) is 26.1 Å². The second-order valence-electron chi connectivity index (χ2n) is 6.78. The van der Waals surface area contributed by atoms with Gasteiger partial charge in [0.1, 0.15) is 12.4 Å². The number of nitrogens with zero attached hydrogens (tertiary/aromatic N) is 2. The highest BCUT2D eigenvalue weighted by Gasteiger charge is 2.38. The van der Waals surface area contributed by atoms with Crippen LogP contribution in [0, 0.1) is 11.3 Å². The molecule has 3 rings (SSSR count). The number of rotatable bonds is 6. The Hall–Kier alpha value is -3.20. The summed E-state index contributed by atoms with van der Waals surface area (Å²) in [7, 11) is 1.81. The molecule has 0 spiro atoms. The number of ether oxygens (including phenoxy) is 2. The third kappa shape index (κ3) is 3.36. The molecule has 1 heterocycles. The summed E-state index contributed by atoms with van der Waals surface area (Å²) in [4.78, 5) is 14.6. The van der Waals surface area contributed by atoms with E-state index in [2.05, 4.69) is 12.6 Å². The zero-order valence-corrected chi connectivity index (χ0v) is 16.3. The van der Waals surface area contributed by atoms with Crippen molar-refractivity contribution < 1.29 is 14.3 Å². The maximum Gasteiger partial charge on any atom is 0.161 e. The summed E-state index contributed by atoms with van der Waals surface area (Å²) in [6.07, 6.45) is 3.71. The summed E-state index contributed by atoms with van der Waals surface area (Å²) in [6, 6.07) is 7.75. The van der Waals surface area contributed by atoms with Gasteiger partial charge in [-0.2, -0.15) is 5.26 Å². The minimum absolute atomic E-state index is 0.0725. The third-order valence-corrected chi connectivity index (χ3v) is 5.13. The predicted molar refractivity (Wildman–Crippen MR) is 107 cm³/mol. The first-order valence-electron chi connectivity index (χ1n) is 9.43. The molecule has 0 aromatic heterocycles. The minimum atomic E-state index is -0.489. The van der Waals surface area contributed by atoms with Crippen LogP contribution in [-0.4, -0.2) is 30.9 Å². The molecule has 1 aliphatic carbocycles. The van der Waals surface area contributed by atoms with Gasteiger partial charge in [-0.3, -0.25) is 4.79 Å². The van der Waals surface area contributed by atoms with Gasteiger partial charge in [-0.15, -0.1) is 0 Å². The lowest BCUT2D eigenvalue weighted by Gasteiger charge is -2.37. The Labute approximate surface area is 165 Å². The summed E-state index contributed by atoms with van der Waals surface area (Å²) in [6.45, 7) is 6.38. The van der Waals surface area contributed by atoms with Gasteiger partial charge in [0.25, 0.3) is 0 Å². The quantitative estimate of drug-likeness (QED) is 0.762. The molecule has 2 aliphatic rings. The normalized spacial score (nSPS) is 19.2. The first kappa shape index (κ1) is 19.6. The zero-order valence-electron chi connectivity index (χ0n) is 16.3. The van der Waals surface area contributed by atoms with Gasteiger partial charge in [0.15, 0.2) is 17.3 Å². The van der Waals surface area contributed by atoms with Crippen LogP contribution >= 0.6 is 0 Å². The maximum atomic E-state index is 12.8. The van der Waals surface area contributed by atoms with Crippen LogP contribution in [0.5, 0.6) is 11.5 Å². The highest BCUT2D eigenvalue weighted by Crippen LogP contribution is 2.45. The molecule has 2 N–H and O–H groups in total. The van der Waals surface area contributed by atoms with E-state index in [9.17, 15) is 10.1 Å². The molecule has 0 amide bonds. The Bertz CT molecular complexity index is 908. The van der Waals surface area contributed by atoms with Crippen molar-refractivity contribution in [3.8, 4) is 17.6 Å². The molecule has 0 radical (unpaired) electrons. The topological polar surface area (TPSA) is 88.6 Å². The second-order valence-corrected chi connectivity index (χ2v) is 6.78. The van der Waals surface area contributed by atoms with Crippen molar-refractivity contribution in [1.29, 1.82) is 5.26 Å². The second kappa shape index (κ2) is 8.22. The van der Waals surface area contributed by atoms with Crippen LogP contribution in [0.3, 0.4) is 0 Å². The molecule has 1 aliphatic heterocycles. The Kier molecular flexibility index (Phi) is 5.74. The summed E-state index contributed by atoms with van der Waals surface area (Å²) in [5, 5.41) is 9.82. The average Bonchev–Trinajstić information content (AvgIpc) is 2.70. The Balaban J connectivity index is 2.14. The molecule has 0 fully saturated rings. The maximum absolute atomic E-state index is 12.8. The third-order valence-electron chi connectivity index (χ3n) is 5.13. The number of nitriles is 1. The van der Waals surface area contributed by atoms with Crippen molar-refractivity contribution in [2.24, 2.45) is 5.73 Å². The molecule has 6 heteroatoms. The van der Waals surface area contributed by atoms with E-state index in [4.69, 9.17) is 15.2 Å². The molecule has 0 saturated carbocycles. The number of nitrogens with two attached hydrogens (primary N) is 1. The molecule has 0 bridgehead atoms.